The van der Waals surface area contributed by atoms with Crippen molar-refractivity contribution in [2.45, 2.75) is 20.0 Å². The van der Waals surface area contributed by atoms with E-state index in [2.05, 4.69) is 0 Å². The summed E-state index contributed by atoms with van der Waals surface area (Å²) in [4.78, 5) is 10.4. The predicted octanol–water partition coefficient (Wildman–Crippen LogP) is 1.47. The van der Waals surface area contributed by atoms with Crippen LogP contribution in [0.4, 0.5) is 0 Å². The average Bonchev–Trinajstić information content (AvgIpc) is 1.90. The van der Waals surface area contributed by atoms with Gasteiger partial charge in [0.15, 0.2) is 0 Å². The van der Waals surface area contributed by atoms with Gasteiger partial charge in [-0.15, -0.1) is 11.6 Å². The molecule has 0 aromatic carbocycles. The molecule has 0 saturated carbocycles. The Morgan fingerprint density at radius 3 is 2.30 bits per heavy atom. The third-order valence-corrected chi connectivity index (χ3v) is 2.18. The zero-order valence-electron chi connectivity index (χ0n) is 6.56. The smallest absolute Gasteiger partial charge is 0.149 e. The lowest BCUT2D eigenvalue weighted by molar-refractivity contribution is -0.121. The number of halogens is 1. The molecule has 0 heterocycles. The van der Waals surface area contributed by atoms with Gasteiger partial charge in [-0.2, -0.15) is 0 Å². The maximum absolute atomic E-state index is 10.4. The van der Waals surface area contributed by atoms with Crippen LogP contribution in [-0.4, -0.2) is 25.4 Å². The van der Waals surface area contributed by atoms with Crippen LogP contribution < -0.4 is 0 Å². The monoisotopic (exact) mass is 164 g/mol. The Labute approximate surface area is 66.5 Å². The molecule has 1 unspecified atom stereocenters. The summed E-state index contributed by atoms with van der Waals surface area (Å²) in [6, 6.07) is 0. The van der Waals surface area contributed by atoms with Crippen LogP contribution in [0.15, 0.2) is 0 Å². The summed E-state index contributed by atoms with van der Waals surface area (Å²) in [5.74, 6) is 0.421. The summed E-state index contributed by atoms with van der Waals surface area (Å²) in [5, 5.41) is 0. The minimum absolute atomic E-state index is 0.266. The lowest BCUT2D eigenvalue weighted by Gasteiger charge is -2.26. The van der Waals surface area contributed by atoms with E-state index in [4.69, 9.17) is 16.3 Å². The molecule has 1 atom stereocenters. The molecular formula is C7H13ClO2. The zero-order valence-corrected chi connectivity index (χ0v) is 7.31. The minimum Gasteiger partial charge on any atom is -0.373 e. The van der Waals surface area contributed by atoms with E-state index in [1.807, 2.05) is 13.8 Å². The van der Waals surface area contributed by atoms with Gasteiger partial charge in [0.25, 0.3) is 0 Å². The molecule has 0 aliphatic rings. The molecule has 0 aromatic rings. The van der Waals surface area contributed by atoms with Crippen molar-refractivity contribution in [1.82, 2.24) is 0 Å². The molecule has 0 aromatic heterocycles. The molecule has 10 heavy (non-hydrogen) atoms. The van der Waals surface area contributed by atoms with E-state index in [0.29, 0.717) is 5.88 Å². The fourth-order valence-electron chi connectivity index (χ4n) is 0.635. The van der Waals surface area contributed by atoms with Gasteiger partial charge >= 0.3 is 0 Å². The van der Waals surface area contributed by atoms with Crippen LogP contribution in [0.25, 0.3) is 0 Å². The summed E-state index contributed by atoms with van der Waals surface area (Å²) in [6.45, 7) is 3.78. The Balaban J connectivity index is 4.10. The zero-order chi connectivity index (χ0) is 8.20. The fourth-order valence-corrected chi connectivity index (χ4v) is 0.787. The molecule has 3 heteroatoms. The summed E-state index contributed by atoms with van der Waals surface area (Å²) in [5.41, 5.74) is -0.266. The number of methoxy groups -OCH3 is 1. The van der Waals surface area contributed by atoms with Crippen LogP contribution in [0.3, 0.4) is 0 Å². The van der Waals surface area contributed by atoms with Crippen molar-refractivity contribution >= 4 is 17.9 Å². The van der Waals surface area contributed by atoms with Gasteiger partial charge in [0.1, 0.15) is 12.4 Å². The lowest BCUT2D eigenvalue weighted by atomic mass is 9.90. The summed E-state index contributed by atoms with van der Waals surface area (Å²) >= 11 is 5.61. The SMILES string of the molecule is COC(C=O)C(C)(C)CCl. The van der Waals surface area contributed by atoms with Gasteiger partial charge in [0.05, 0.1) is 0 Å². The topological polar surface area (TPSA) is 26.3 Å². The normalized spacial score (nSPS) is 14.8. The van der Waals surface area contributed by atoms with Gasteiger partial charge in [-0.05, 0) is 0 Å². The second-order valence-corrected chi connectivity index (χ2v) is 3.18. The van der Waals surface area contributed by atoms with E-state index in [1.165, 1.54) is 7.11 Å². The quantitative estimate of drug-likeness (QED) is 0.465. The largest absolute Gasteiger partial charge is 0.373 e. The standard InChI is InChI=1S/C7H13ClO2/c1-7(2,5-8)6(4-9)10-3/h4,6H,5H2,1-3H3. The number of aldehydes is 1. The minimum atomic E-state index is -0.398. The molecule has 0 bridgehead atoms. The molecule has 0 saturated heterocycles. The van der Waals surface area contributed by atoms with Crippen LogP contribution in [0, 0.1) is 5.41 Å². The highest BCUT2D eigenvalue weighted by molar-refractivity contribution is 6.18. The first-order chi connectivity index (χ1) is 4.58. The number of hydrogen-bond acceptors (Lipinski definition) is 2. The van der Waals surface area contributed by atoms with Gasteiger partial charge in [-0.1, -0.05) is 13.8 Å². The third-order valence-electron chi connectivity index (χ3n) is 1.49. The molecule has 60 valence electrons. The van der Waals surface area contributed by atoms with Gasteiger partial charge < -0.3 is 9.53 Å². The first-order valence-electron chi connectivity index (χ1n) is 3.12. The molecular weight excluding hydrogens is 152 g/mol. The van der Waals surface area contributed by atoms with E-state index in [0.717, 1.165) is 6.29 Å². The second-order valence-electron chi connectivity index (χ2n) is 2.91. The molecule has 0 radical (unpaired) electrons. The Kier molecular flexibility index (Phi) is 3.91. The van der Waals surface area contributed by atoms with E-state index in [9.17, 15) is 4.79 Å². The molecule has 2 nitrogen and oxygen atoms in total. The van der Waals surface area contributed by atoms with E-state index >= 15 is 0 Å². The highest BCUT2D eigenvalue weighted by Crippen LogP contribution is 2.22. The van der Waals surface area contributed by atoms with E-state index in [-0.39, 0.29) is 5.41 Å². The fraction of sp³-hybridized carbons (Fsp3) is 0.857. The molecule has 0 aliphatic heterocycles. The van der Waals surface area contributed by atoms with Crippen molar-refractivity contribution in [2.75, 3.05) is 13.0 Å². The Bertz CT molecular complexity index is 112. The Morgan fingerprint density at radius 1 is 1.70 bits per heavy atom. The van der Waals surface area contributed by atoms with Gasteiger partial charge in [0.2, 0.25) is 0 Å². The summed E-state index contributed by atoms with van der Waals surface area (Å²) in [7, 11) is 1.51. The Morgan fingerprint density at radius 2 is 2.20 bits per heavy atom. The molecule has 0 N–H and O–H groups in total. The predicted molar refractivity (Wildman–Crippen MR) is 41.4 cm³/mol. The van der Waals surface area contributed by atoms with Crippen molar-refractivity contribution in [2.24, 2.45) is 5.41 Å². The van der Waals surface area contributed by atoms with E-state index < -0.39 is 6.10 Å². The first-order valence-corrected chi connectivity index (χ1v) is 3.66. The first kappa shape index (κ1) is 9.92. The highest BCUT2D eigenvalue weighted by Gasteiger charge is 2.27. The van der Waals surface area contributed by atoms with Crippen molar-refractivity contribution in [3.8, 4) is 0 Å². The maximum atomic E-state index is 10.4. The number of carbonyl (C=O) groups excluding carboxylic acids is 1. The second kappa shape index (κ2) is 3.94. The van der Waals surface area contributed by atoms with Crippen LogP contribution >= 0.6 is 11.6 Å². The highest BCUT2D eigenvalue weighted by atomic mass is 35.5. The van der Waals surface area contributed by atoms with Crippen molar-refractivity contribution in [1.29, 1.82) is 0 Å². The number of hydrogen-bond donors (Lipinski definition) is 0. The molecule has 0 aliphatic carbocycles. The summed E-state index contributed by atoms with van der Waals surface area (Å²) < 4.78 is 4.90. The molecule has 0 spiro atoms. The van der Waals surface area contributed by atoms with Crippen LogP contribution in [0.2, 0.25) is 0 Å². The lowest BCUT2D eigenvalue weighted by Crippen LogP contribution is -2.33. The number of rotatable bonds is 4. The molecule has 0 amide bonds. The van der Waals surface area contributed by atoms with Crippen molar-refractivity contribution < 1.29 is 9.53 Å². The maximum Gasteiger partial charge on any atom is 0.149 e. The van der Waals surface area contributed by atoms with Gasteiger partial charge in [-0.25, -0.2) is 0 Å². The summed E-state index contributed by atoms with van der Waals surface area (Å²) in [6.07, 6.45) is 0.382. The van der Waals surface area contributed by atoms with Crippen LogP contribution in [-0.2, 0) is 9.53 Å². The van der Waals surface area contributed by atoms with Crippen molar-refractivity contribution in [3.63, 3.8) is 0 Å². The number of alkyl halides is 1. The number of carbonyl (C=O) groups is 1. The van der Waals surface area contributed by atoms with E-state index in [1.54, 1.807) is 0 Å². The van der Waals surface area contributed by atoms with Crippen LogP contribution in [0.1, 0.15) is 13.8 Å². The molecule has 0 rings (SSSR count). The van der Waals surface area contributed by atoms with Crippen LogP contribution in [0.5, 0.6) is 0 Å². The third kappa shape index (κ3) is 2.27. The molecule has 0 fully saturated rings. The average molecular weight is 165 g/mol. The van der Waals surface area contributed by atoms with Gasteiger partial charge in [-0.3, -0.25) is 0 Å². The Hall–Kier alpha value is -0.0800. The van der Waals surface area contributed by atoms with Crippen molar-refractivity contribution in [3.05, 3.63) is 0 Å². The van der Waals surface area contributed by atoms with Gasteiger partial charge in [0, 0.05) is 18.4 Å². The number of ether oxygens (including phenoxy) is 1.